The van der Waals surface area contributed by atoms with Crippen molar-refractivity contribution < 1.29 is 49.0 Å². The summed E-state index contributed by atoms with van der Waals surface area (Å²) in [6.07, 6.45) is 26.6. The first-order valence-electron chi connectivity index (χ1n) is 21.3. The van der Waals surface area contributed by atoms with Gasteiger partial charge in [-0.15, -0.1) is 0 Å². The van der Waals surface area contributed by atoms with Gasteiger partial charge in [-0.1, -0.05) is 161 Å². The number of carbonyl (C=O) groups excluding carboxylic acids is 2. The number of allylic oxidation sites excluding steroid dienone is 2. The Morgan fingerprint density at radius 1 is 0.577 bits per heavy atom. The van der Waals surface area contributed by atoms with Crippen LogP contribution in [0, 0.1) is 0 Å². The Bertz CT molecular complexity index is 866. The summed E-state index contributed by atoms with van der Waals surface area (Å²) in [5.41, 5.74) is 0. The second-order valence-corrected chi connectivity index (χ2v) is 14.8. The zero-order valence-electron chi connectivity index (χ0n) is 33.1. The number of hydrogen-bond acceptors (Lipinski definition) is 10. The molecule has 0 radical (unpaired) electrons. The number of unbranched alkanes of at least 4 members (excludes halogenated alkanes) is 22. The first-order chi connectivity index (χ1) is 25.3. The van der Waals surface area contributed by atoms with Gasteiger partial charge in [-0.25, -0.2) is 0 Å². The maximum atomic E-state index is 12.7. The molecule has 306 valence electrons. The Labute approximate surface area is 316 Å². The molecule has 0 aromatic rings. The number of carbonyl (C=O) groups is 2. The van der Waals surface area contributed by atoms with E-state index in [0.29, 0.717) is 12.8 Å². The molecule has 6 atom stereocenters. The van der Waals surface area contributed by atoms with Crippen LogP contribution in [-0.4, -0.2) is 89.0 Å². The fraction of sp³-hybridized carbons (Fsp3) is 0.905. The van der Waals surface area contributed by atoms with Crippen molar-refractivity contribution >= 4 is 11.9 Å². The van der Waals surface area contributed by atoms with Crippen LogP contribution in [-0.2, 0) is 28.5 Å². The van der Waals surface area contributed by atoms with E-state index in [1.54, 1.807) is 0 Å². The molecule has 0 aromatic heterocycles. The summed E-state index contributed by atoms with van der Waals surface area (Å²) in [5.74, 6) is -0.856. The van der Waals surface area contributed by atoms with Gasteiger partial charge in [0.2, 0.25) is 0 Å². The summed E-state index contributed by atoms with van der Waals surface area (Å²) in [6.45, 7) is 3.38. The van der Waals surface area contributed by atoms with E-state index in [4.69, 9.17) is 18.9 Å². The second-order valence-electron chi connectivity index (χ2n) is 14.8. The highest BCUT2D eigenvalue weighted by Crippen LogP contribution is 2.22. The first kappa shape index (κ1) is 48.5. The number of rotatable bonds is 35. The van der Waals surface area contributed by atoms with Crippen LogP contribution in [0.1, 0.15) is 187 Å². The summed E-state index contributed by atoms with van der Waals surface area (Å²) in [5, 5.41) is 40.0. The molecule has 1 aliphatic rings. The van der Waals surface area contributed by atoms with Gasteiger partial charge in [0.25, 0.3) is 0 Å². The highest BCUT2D eigenvalue weighted by molar-refractivity contribution is 5.70. The van der Waals surface area contributed by atoms with E-state index < -0.39 is 55.4 Å². The van der Waals surface area contributed by atoms with Crippen molar-refractivity contribution in [1.29, 1.82) is 0 Å². The van der Waals surface area contributed by atoms with Crippen LogP contribution >= 0.6 is 0 Å². The summed E-state index contributed by atoms with van der Waals surface area (Å²) in [7, 11) is 0. The van der Waals surface area contributed by atoms with Gasteiger partial charge >= 0.3 is 11.9 Å². The van der Waals surface area contributed by atoms with Crippen LogP contribution in [0.25, 0.3) is 0 Å². The predicted molar refractivity (Wildman–Crippen MR) is 206 cm³/mol. The fourth-order valence-corrected chi connectivity index (χ4v) is 6.50. The fourth-order valence-electron chi connectivity index (χ4n) is 6.50. The van der Waals surface area contributed by atoms with Crippen molar-refractivity contribution in [3.63, 3.8) is 0 Å². The van der Waals surface area contributed by atoms with Crippen LogP contribution in [0.2, 0.25) is 0 Å². The molecule has 1 saturated heterocycles. The molecule has 0 spiro atoms. The van der Waals surface area contributed by atoms with Crippen LogP contribution in [0.3, 0.4) is 0 Å². The van der Waals surface area contributed by atoms with Crippen LogP contribution in [0.5, 0.6) is 0 Å². The largest absolute Gasteiger partial charge is 0.462 e. The SMILES string of the molecule is CCCCCCCCCCCCC/C=C/CCC(=O)OC[C@@H](CO[C@H]1O[C@@H](CO)[C@@H](O)C(O)C1O)OC(=O)CCCCCCCCCCCCCC. The van der Waals surface area contributed by atoms with Crippen LogP contribution in [0.15, 0.2) is 12.2 Å². The summed E-state index contributed by atoms with van der Waals surface area (Å²) < 4.78 is 22.1. The Hall–Kier alpha value is -1.56. The lowest BCUT2D eigenvalue weighted by atomic mass is 9.99. The van der Waals surface area contributed by atoms with Crippen molar-refractivity contribution in [1.82, 2.24) is 0 Å². The molecule has 0 bridgehead atoms. The minimum Gasteiger partial charge on any atom is -0.462 e. The third-order valence-corrected chi connectivity index (χ3v) is 9.91. The topological polar surface area (TPSA) is 152 Å². The molecule has 1 rings (SSSR count). The molecule has 0 aromatic carbocycles. The Morgan fingerprint density at radius 3 is 1.58 bits per heavy atom. The third-order valence-electron chi connectivity index (χ3n) is 9.91. The second kappa shape index (κ2) is 34.0. The molecular weight excluding hydrogens is 664 g/mol. The van der Waals surface area contributed by atoms with Gasteiger partial charge in [0.05, 0.1) is 13.2 Å². The van der Waals surface area contributed by atoms with Gasteiger partial charge < -0.3 is 39.4 Å². The molecule has 2 unspecified atom stereocenters. The summed E-state index contributed by atoms with van der Waals surface area (Å²) in [6, 6.07) is 0. The van der Waals surface area contributed by atoms with E-state index in [1.165, 1.54) is 116 Å². The zero-order valence-corrected chi connectivity index (χ0v) is 33.1. The molecule has 4 N–H and O–H groups in total. The van der Waals surface area contributed by atoms with E-state index in [1.807, 2.05) is 6.08 Å². The quantitative estimate of drug-likeness (QED) is 0.0283. The van der Waals surface area contributed by atoms with Crippen molar-refractivity contribution in [2.24, 2.45) is 0 Å². The van der Waals surface area contributed by atoms with Gasteiger partial charge in [0.1, 0.15) is 31.0 Å². The maximum Gasteiger partial charge on any atom is 0.306 e. The normalized spacial score (nSPS) is 21.1. The maximum absolute atomic E-state index is 12.7. The average molecular weight is 743 g/mol. The number of hydrogen-bond donors (Lipinski definition) is 4. The highest BCUT2D eigenvalue weighted by Gasteiger charge is 2.44. The molecule has 10 heteroatoms. The van der Waals surface area contributed by atoms with Gasteiger partial charge in [-0.3, -0.25) is 9.59 Å². The summed E-state index contributed by atoms with van der Waals surface area (Å²) >= 11 is 0. The van der Waals surface area contributed by atoms with Crippen molar-refractivity contribution in [2.45, 2.75) is 224 Å². The lowest BCUT2D eigenvalue weighted by molar-refractivity contribution is -0.305. The molecule has 1 fully saturated rings. The number of aliphatic hydroxyl groups excluding tert-OH is 4. The van der Waals surface area contributed by atoms with Crippen LogP contribution < -0.4 is 0 Å². The standard InChI is InChI=1S/C42H78O10/c1-3-5-7-9-11-13-15-17-18-19-21-22-24-26-28-30-37(44)49-33-35(34-50-42-41(48)40(47)39(46)36(32-43)52-42)51-38(45)31-29-27-25-23-20-16-14-12-10-8-6-4-2/h24,26,35-36,39-43,46-48H,3-23,25,27-34H2,1-2H3/b26-24+/t35-,36-,39+,40?,41?,42-/m0/s1. The average Bonchev–Trinajstić information content (AvgIpc) is 3.14. The Kier molecular flexibility index (Phi) is 31.7. The minimum absolute atomic E-state index is 0.196. The third kappa shape index (κ3) is 25.5. The minimum atomic E-state index is -1.59. The van der Waals surface area contributed by atoms with Gasteiger partial charge in [0, 0.05) is 12.8 Å². The van der Waals surface area contributed by atoms with Gasteiger partial charge in [-0.2, -0.15) is 0 Å². The van der Waals surface area contributed by atoms with Gasteiger partial charge in [0.15, 0.2) is 12.4 Å². The number of aliphatic hydroxyl groups is 4. The molecule has 1 aliphatic heterocycles. The molecule has 0 aliphatic carbocycles. The Balaban J connectivity index is 2.37. The monoisotopic (exact) mass is 743 g/mol. The molecule has 1 heterocycles. The van der Waals surface area contributed by atoms with Crippen molar-refractivity contribution in [3.8, 4) is 0 Å². The molecule has 52 heavy (non-hydrogen) atoms. The van der Waals surface area contributed by atoms with E-state index in [2.05, 4.69) is 19.9 Å². The molecule has 10 nitrogen and oxygen atoms in total. The van der Waals surface area contributed by atoms with Crippen molar-refractivity contribution in [2.75, 3.05) is 19.8 Å². The zero-order chi connectivity index (χ0) is 38.1. The molecular formula is C42H78O10. The number of ether oxygens (including phenoxy) is 4. The highest BCUT2D eigenvalue weighted by atomic mass is 16.7. The molecule has 0 saturated carbocycles. The predicted octanol–water partition coefficient (Wildman–Crippen LogP) is 8.39. The van der Waals surface area contributed by atoms with Crippen LogP contribution in [0.4, 0.5) is 0 Å². The lowest BCUT2D eigenvalue weighted by Gasteiger charge is -2.39. The smallest absolute Gasteiger partial charge is 0.306 e. The van der Waals surface area contributed by atoms with E-state index in [9.17, 15) is 30.0 Å². The van der Waals surface area contributed by atoms with Gasteiger partial charge in [-0.05, 0) is 25.7 Å². The molecule has 0 amide bonds. The van der Waals surface area contributed by atoms with Crippen molar-refractivity contribution in [3.05, 3.63) is 12.2 Å². The summed E-state index contributed by atoms with van der Waals surface area (Å²) in [4.78, 5) is 25.2. The lowest BCUT2D eigenvalue weighted by Crippen LogP contribution is -2.59. The van der Waals surface area contributed by atoms with E-state index in [-0.39, 0.29) is 26.1 Å². The first-order valence-corrected chi connectivity index (χ1v) is 21.3. The van der Waals surface area contributed by atoms with E-state index >= 15 is 0 Å². The Morgan fingerprint density at radius 2 is 1.06 bits per heavy atom. The number of esters is 2. The van der Waals surface area contributed by atoms with E-state index in [0.717, 1.165) is 32.1 Å².